The molecule has 1 aliphatic heterocycles. The van der Waals surface area contributed by atoms with Gasteiger partial charge >= 0.3 is 0 Å². The lowest BCUT2D eigenvalue weighted by Gasteiger charge is -2.28. The van der Waals surface area contributed by atoms with Crippen molar-refractivity contribution in [1.29, 1.82) is 0 Å². The van der Waals surface area contributed by atoms with E-state index in [0.717, 1.165) is 23.1 Å². The van der Waals surface area contributed by atoms with E-state index in [1.54, 1.807) is 25.3 Å². The maximum atomic E-state index is 11.4. The minimum atomic E-state index is -0.753. The van der Waals surface area contributed by atoms with Crippen LogP contribution < -0.4 is 11.1 Å². The van der Waals surface area contributed by atoms with E-state index in [2.05, 4.69) is 16.9 Å². The summed E-state index contributed by atoms with van der Waals surface area (Å²) in [7, 11) is 0. The van der Waals surface area contributed by atoms with Gasteiger partial charge in [0, 0.05) is 24.0 Å². The molecule has 22 heavy (non-hydrogen) atoms. The minimum absolute atomic E-state index is 0.227. The maximum Gasteiger partial charge on any atom is 0.137 e. The molecule has 0 aliphatic carbocycles. The summed E-state index contributed by atoms with van der Waals surface area (Å²) in [5, 5.41) is 3.22. The van der Waals surface area contributed by atoms with E-state index in [9.17, 15) is 4.79 Å². The molecule has 0 radical (unpaired) electrons. The number of nitrogens with one attached hydrogen (secondary N) is 1. The van der Waals surface area contributed by atoms with Gasteiger partial charge in [-0.3, -0.25) is 0 Å². The molecular weight excluding hydrogens is 274 g/mol. The Hall–Kier alpha value is -2.46. The molecule has 1 heterocycles. The van der Waals surface area contributed by atoms with Gasteiger partial charge in [0.05, 0.1) is 5.41 Å². The first-order valence-corrected chi connectivity index (χ1v) is 7.16. The van der Waals surface area contributed by atoms with Gasteiger partial charge in [0.25, 0.3) is 0 Å². The van der Waals surface area contributed by atoms with Crippen molar-refractivity contribution in [3.8, 4) is 0 Å². The number of aldehydes is 1. The molecule has 1 unspecified atom stereocenters. The SMILES string of the molecule is C=C/C(=C1/N=CC=C(C(C)(C=O)CN)N1)c1ccc(C)cc1. The van der Waals surface area contributed by atoms with Crippen LogP contribution in [-0.2, 0) is 4.79 Å². The number of hydrogen-bond donors (Lipinski definition) is 2. The average Bonchev–Trinajstić information content (AvgIpc) is 2.57. The number of rotatable bonds is 5. The van der Waals surface area contributed by atoms with Crippen LogP contribution in [0, 0.1) is 12.3 Å². The molecule has 0 saturated heterocycles. The molecule has 1 aromatic rings. The first kappa shape index (κ1) is 15.9. The molecule has 4 nitrogen and oxygen atoms in total. The molecule has 1 aliphatic rings. The highest BCUT2D eigenvalue weighted by Gasteiger charge is 2.29. The third kappa shape index (κ3) is 3.07. The van der Waals surface area contributed by atoms with Crippen LogP contribution in [0.25, 0.3) is 5.57 Å². The fourth-order valence-corrected chi connectivity index (χ4v) is 2.16. The van der Waals surface area contributed by atoms with E-state index in [1.165, 1.54) is 5.56 Å². The highest BCUT2D eigenvalue weighted by molar-refractivity contribution is 5.83. The molecule has 2 rings (SSSR count). The van der Waals surface area contributed by atoms with Gasteiger partial charge in [-0.15, -0.1) is 0 Å². The molecule has 1 atom stereocenters. The molecule has 0 fully saturated rings. The Morgan fingerprint density at radius 1 is 1.41 bits per heavy atom. The number of hydrogen-bond acceptors (Lipinski definition) is 4. The van der Waals surface area contributed by atoms with Gasteiger partial charge in [-0.25, -0.2) is 4.99 Å². The predicted molar refractivity (Wildman–Crippen MR) is 91.2 cm³/mol. The average molecular weight is 295 g/mol. The largest absolute Gasteiger partial charge is 0.342 e. The van der Waals surface area contributed by atoms with Crippen LogP contribution in [-0.4, -0.2) is 19.0 Å². The first-order chi connectivity index (χ1) is 10.5. The highest BCUT2D eigenvalue weighted by Crippen LogP contribution is 2.27. The van der Waals surface area contributed by atoms with Crippen LogP contribution in [0.15, 0.2) is 59.5 Å². The zero-order chi connectivity index (χ0) is 16.2. The van der Waals surface area contributed by atoms with E-state index in [4.69, 9.17) is 5.73 Å². The van der Waals surface area contributed by atoms with Crippen LogP contribution in [0.2, 0.25) is 0 Å². The van der Waals surface area contributed by atoms with Gasteiger partial charge in [-0.05, 0) is 25.5 Å². The van der Waals surface area contributed by atoms with Gasteiger partial charge < -0.3 is 15.8 Å². The van der Waals surface area contributed by atoms with Gasteiger partial charge in [0.1, 0.15) is 12.1 Å². The number of nitrogens with two attached hydrogens (primary N) is 1. The zero-order valence-electron chi connectivity index (χ0n) is 13.0. The van der Waals surface area contributed by atoms with Crippen molar-refractivity contribution in [3.05, 3.63) is 65.6 Å². The Balaban J connectivity index is 2.42. The molecule has 0 spiro atoms. The summed E-state index contributed by atoms with van der Waals surface area (Å²) in [6, 6.07) is 8.13. The molecule has 4 heteroatoms. The van der Waals surface area contributed by atoms with E-state index in [-0.39, 0.29) is 6.54 Å². The monoisotopic (exact) mass is 295 g/mol. The highest BCUT2D eigenvalue weighted by atomic mass is 16.1. The Morgan fingerprint density at radius 2 is 2.09 bits per heavy atom. The Kier molecular flexibility index (Phi) is 4.73. The number of aryl methyl sites for hydroxylation is 1. The van der Waals surface area contributed by atoms with E-state index in [1.807, 2.05) is 31.2 Å². The summed E-state index contributed by atoms with van der Waals surface area (Å²) in [5.74, 6) is 0.665. The molecule has 0 aromatic heterocycles. The third-order valence-electron chi connectivity index (χ3n) is 3.82. The van der Waals surface area contributed by atoms with Crippen molar-refractivity contribution in [2.45, 2.75) is 13.8 Å². The lowest BCUT2D eigenvalue weighted by Crippen LogP contribution is -2.38. The number of nitrogens with zero attached hydrogens (tertiary/aromatic N) is 1. The fraction of sp³-hybridized carbons (Fsp3) is 0.222. The van der Waals surface area contributed by atoms with Crippen LogP contribution in [0.4, 0.5) is 0 Å². The summed E-state index contributed by atoms with van der Waals surface area (Å²) in [6.07, 6.45) is 6.08. The number of benzene rings is 1. The van der Waals surface area contributed by atoms with Crippen molar-refractivity contribution in [2.75, 3.05) is 6.54 Å². The van der Waals surface area contributed by atoms with Crippen molar-refractivity contribution < 1.29 is 4.79 Å². The topological polar surface area (TPSA) is 67.5 Å². The van der Waals surface area contributed by atoms with Crippen LogP contribution in [0.3, 0.4) is 0 Å². The summed E-state index contributed by atoms with van der Waals surface area (Å²) in [6.45, 7) is 7.95. The van der Waals surface area contributed by atoms with Crippen LogP contribution in [0.1, 0.15) is 18.1 Å². The molecule has 3 N–H and O–H groups in total. The molecule has 0 amide bonds. The number of carbonyl (C=O) groups excluding carboxylic acids is 1. The molecule has 1 aromatic carbocycles. The molecular formula is C18H21N3O. The molecule has 0 saturated carbocycles. The van der Waals surface area contributed by atoms with E-state index in [0.29, 0.717) is 5.82 Å². The quantitative estimate of drug-likeness (QED) is 0.820. The third-order valence-corrected chi connectivity index (χ3v) is 3.82. The molecule has 0 bridgehead atoms. The Bertz CT molecular complexity index is 668. The van der Waals surface area contributed by atoms with Crippen molar-refractivity contribution >= 4 is 18.1 Å². The second-order valence-corrected chi connectivity index (χ2v) is 5.56. The van der Waals surface area contributed by atoms with Gasteiger partial charge in [-0.2, -0.15) is 0 Å². The zero-order valence-corrected chi connectivity index (χ0v) is 13.0. The van der Waals surface area contributed by atoms with E-state index < -0.39 is 5.41 Å². The second kappa shape index (κ2) is 6.54. The normalized spacial score (nSPS) is 18.8. The molecule has 114 valence electrons. The van der Waals surface area contributed by atoms with Crippen LogP contribution in [0.5, 0.6) is 0 Å². The fourth-order valence-electron chi connectivity index (χ4n) is 2.16. The van der Waals surface area contributed by atoms with E-state index >= 15 is 0 Å². The lowest BCUT2D eigenvalue weighted by atomic mass is 9.87. The first-order valence-electron chi connectivity index (χ1n) is 7.16. The maximum absolute atomic E-state index is 11.4. The van der Waals surface area contributed by atoms with Gasteiger partial charge in [0.15, 0.2) is 0 Å². The van der Waals surface area contributed by atoms with Crippen molar-refractivity contribution in [1.82, 2.24) is 5.32 Å². The predicted octanol–water partition coefficient (Wildman–Crippen LogP) is 2.57. The smallest absolute Gasteiger partial charge is 0.137 e. The van der Waals surface area contributed by atoms with Crippen LogP contribution >= 0.6 is 0 Å². The summed E-state index contributed by atoms with van der Waals surface area (Å²) < 4.78 is 0. The van der Waals surface area contributed by atoms with Gasteiger partial charge in [-0.1, -0.05) is 42.5 Å². The Labute approximate surface area is 131 Å². The second-order valence-electron chi connectivity index (χ2n) is 5.56. The van der Waals surface area contributed by atoms with Crippen molar-refractivity contribution in [3.63, 3.8) is 0 Å². The lowest BCUT2D eigenvalue weighted by molar-refractivity contribution is -0.113. The standard InChI is InChI=1S/C18H21N3O/c1-4-15(14-7-5-13(2)6-8-14)17-20-10-9-16(21-17)18(3,11-19)12-22/h4-10,12,21H,1,11,19H2,2-3H3/b17-15+. The van der Waals surface area contributed by atoms with Gasteiger partial charge in [0.2, 0.25) is 0 Å². The minimum Gasteiger partial charge on any atom is -0.342 e. The Morgan fingerprint density at radius 3 is 2.64 bits per heavy atom. The summed E-state index contributed by atoms with van der Waals surface area (Å²) >= 11 is 0. The summed E-state index contributed by atoms with van der Waals surface area (Å²) in [4.78, 5) is 15.7. The number of aliphatic imine (C=N–C) groups is 1. The summed E-state index contributed by atoms with van der Waals surface area (Å²) in [5.41, 5.74) is 8.81. The number of allylic oxidation sites excluding steroid dienone is 3. The van der Waals surface area contributed by atoms with Crippen molar-refractivity contribution in [2.24, 2.45) is 16.1 Å². The number of carbonyl (C=O) groups is 1.